The summed E-state index contributed by atoms with van der Waals surface area (Å²) in [5, 5.41) is 20.3. The summed E-state index contributed by atoms with van der Waals surface area (Å²) in [6, 6.07) is 17.8. The summed E-state index contributed by atoms with van der Waals surface area (Å²) >= 11 is 0. The third-order valence-corrected chi connectivity index (χ3v) is 4.28. The van der Waals surface area contributed by atoms with Gasteiger partial charge in [-0.15, -0.1) is 10.2 Å². The lowest BCUT2D eigenvalue weighted by atomic mass is 10.1. The second kappa shape index (κ2) is 7.40. The molecule has 8 heteroatoms. The van der Waals surface area contributed by atoms with Crippen molar-refractivity contribution in [2.45, 2.75) is 0 Å². The van der Waals surface area contributed by atoms with Gasteiger partial charge in [0.2, 0.25) is 0 Å². The number of nitrogens with zero attached hydrogens (tertiary/aromatic N) is 4. The van der Waals surface area contributed by atoms with Gasteiger partial charge in [0.05, 0.1) is 30.0 Å². The lowest BCUT2D eigenvalue weighted by Gasteiger charge is -2.06. The first kappa shape index (κ1) is 18.1. The number of carbonyl (C=O) groups is 1. The van der Waals surface area contributed by atoms with Crippen molar-refractivity contribution in [2.75, 3.05) is 12.4 Å². The largest absolute Gasteiger partial charge is 0.497 e. The summed E-state index contributed by atoms with van der Waals surface area (Å²) in [6.45, 7) is 0. The molecule has 29 heavy (non-hydrogen) atoms. The average molecular weight is 387 g/mol. The molecule has 0 radical (unpaired) electrons. The molecule has 0 fully saturated rings. The van der Waals surface area contributed by atoms with Gasteiger partial charge in [0, 0.05) is 5.69 Å². The van der Waals surface area contributed by atoms with Gasteiger partial charge in [0.25, 0.3) is 5.91 Å². The first-order chi connectivity index (χ1) is 14.1. The van der Waals surface area contributed by atoms with E-state index in [4.69, 9.17) is 10.00 Å². The molecule has 0 aliphatic heterocycles. The molecule has 1 heterocycles. The number of fused-ring (bicyclic) bond motifs is 1. The Balaban J connectivity index is 1.59. The molecule has 0 unspecified atom stereocenters. The highest BCUT2D eigenvalue weighted by Crippen LogP contribution is 2.20. The van der Waals surface area contributed by atoms with Crippen LogP contribution in [0, 0.1) is 17.1 Å². The van der Waals surface area contributed by atoms with Crippen LogP contribution in [0.5, 0.6) is 5.75 Å². The fourth-order valence-corrected chi connectivity index (χ4v) is 2.79. The van der Waals surface area contributed by atoms with Gasteiger partial charge in [-0.2, -0.15) is 10.1 Å². The molecule has 0 saturated carbocycles. The fourth-order valence-electron chi connectivity index (χ4n) is 2.79. The van der Waals surface area contributed by atoms with Crippen LogP contribution in [0.25, 0.3) is 16.7 Å². The van der Waals surface area contributed by atoms with Gasteiger partial charge >= 0.3 is 0 Å². The molecule has 4 rings (SSSR count). The van der Waals surface area contributed by atoms with E-state index in [0.717, 1.165) is 17.5 Å². The van der Waals surface area contributed by atoms with Crippen molar-refractivity contribution in [3.8, 4) is 17.5 Å². The van der Waals surface area contributed by atoms with Gasteiger partial charge in [-0.05, 0) is 60.7 Å². The Labute approximate surface area is 165 Å². The monoisotopic (exact) mass is 387 g/mol. The molecule has 0 aliphatic carbocycles. The number of halogens is 1. The number of hydrogen-bond donors (Lipinski definition) is 1. The minimum atomic E-state index is -0.756. The number of rotatable bonds is 4. The zero-order valence-corrected chi connectivity index (χ0v) is 15.3. The highest BCUT2D eigenvalue weighted by Gasteiger charge is 2.14. The molecular formula is C21H14FN5O2. The van der Waals surface area contributed by atoms with E-state index in [1.807, 2.05) is 18.2 Å². The average Bonchev–Trinajstić information content (AvgIpc) is 3.17. The minimum Gasteiger partial charge on any atom is -0.497 e. The van der Waals surface area contributed by atoms with Crippen LogP contribution in [0.4, 0.5) is 10.1 Å². The molecular weight excluding hydrogens is 373 g/mol. The van der Waals surface area contributed by atoms with E-state index in [-0.39, 0.29) is 11.1 Å². The Morgan fingerprint density at radius 2 is 1.83 bits per heavy atom. The summed E-state index contributed by atoms with van der Waals surface area (Å²) < 4.78 is 19.2. The Morgan fingerprint density at radius 3 is 2.52 bits per heavy atom. The van der Waals surface area contributed by atoms with Crippen LogP contribution in [-0.2, 0) is 0 Å². The van der Waals surface area contributed by atoms with E-state index in [0.29, 0.717) is 16.7 Å². The van der Waals surface area contributed by atoms with E-state index in [9.17, 15) is 9.18 Å². The maximum atomic E-state index is 14.0. The highest BCUT2D eigenvalue weighted by atomic mass is 19.1. The standard InChI is InChI=1S/C21H14FN5O2/c1-29-16-6-4-15(5-7-16)27-25-19-9-3-14(11-20(19)26-27)24-21(28)17-8-2-13(12-23)10-18(17)22/h2-11H,1H3,(H,24,28). The number of hydrogen-bond acceptors (Lipinski definition) is 5. The quantitative estimate of drug-likeness (QED) is 0.576. The predicted octanol–water partition coefficient (Wildman–Crippen LogP) is 3.69. The number of methoxy groups -OCH3 is 1. The normalized spacial score (nSPS) is 10.5. The molecule has 0 bridgehead atoms. The first-order valence-electron chi connectivity index (χ1n) is 8.60. The van der Waals surface area contributed by atoms with Crippen molar-refractivity contribution in [3.05, 3.63) is 77.6 Å². The number of carbonyl (C=O) groups excluding carboxylic acids is 1. The Morgan fingerprint density at radius 1 is 1.07 bits per heavy atom. The maximum Gasteiger partial charge on any atom is 0.258 e. The van der Waals surface area contributed by atoms with Gasteiger partial charge in [-0.3, -0.25) is 4.79 Å². The third kappa shape index (κ3) is 3.61. The summed E-state index contributed by atoms with van der Waals surface area (Å²) in [4.78, 5) is 13.9. The summed E-state index contributed by atoms with van der Waals surface area (Å²) in [6.07, 6.45) is 0. The number of aromatic nitrogens is 3. The van der Waals surface area contributed by atoms with Crippen LogP contribution in [-0.4, -0.2) is 28.0 Å². The molecule has 1 aromatic heterocycles. The van der Waals surface area contributed by atoms with Crippen molar-refractivity contribution in [3.63, 3.8) is 0 Å². The number of benzene rings is 3. The van der Waals surface area contributed by atoms with Crippen LogP contribution in [0.15, 0.2) is 60.7 Å². The smallest absolute Gasteiger partial charge is 0.258 e. The Hall–Kier alpha value is -4.25. The van der Waals surface area contributed by atoms with Crippen molar-refractivity contribution in [1.82, 2.24) is 15.0 Å². The third-order valence-electron chi connectivity index (χ3n) is 4.28. The molecule has 0 aliphatic rings. The zero-order valence-electron chi connectivity index (χ0n) is 15.3. The second-order valence-electron chi connectivity index (χ2n) is 6.15. The van der Waals surface area contributed by atoms with E-state index in [2.05, 4.69) is 15.5 Å². The molecule has 142 valence electrons. The van der Waals surface area contributed by atoms with Crippen LogP contribution in [0.1, 0.15) is 15.9 Å². The van der Waals surface area contributed by atoms with Crippen molar-refractivity contribution in [2.24, 2.45) is 0 Å². The number of ether oxygens (including phenoxy) is 1. The minimum absolute atomic E-state index is 0.147. The molecule has 0 saturated heterocycles. The summed E-state index contributed by atoms with van der Waals surface area (Å²) in [5.74, 6) is -0.646. The van der Waals surface area contributed by atoms with Gasteiger partial charge in [0.1, 0.15) is 22.6 Å². The van der Waals surface area contributed by atoms with Crippen molar-refractivity contribution in [1.29, 1.82) is 5.26 Å². The summed E-state index contributed by atoms with van der Waals surface area (Å²) in [7, 11) is 1.59. The molecule has 4 aromatic rings. The second-order valence-corrected chi connectivity index (χ2v) is 6.15. The van der Waals surface area contributed by atoms with Crippen LogP contribution >= 0.6 is 0 Å². The predicted molar refractivity (Wildman–Crippen MR) is 104 cm³/mol. The Bertz CT molecular complexity index is 1260. The number of amides is 1. The van der Waals surface area contributed by atoms with Crippen molar-refractivity contribution >= 4 is 22.6 Å². The van der Waals surface area contributed by atoms with Gasteiger partial charge < -0.3 is 10.1 Å². The Kier molecular flexibility index (Phi) is 4.63. The molecule has 0 atom stereocenters. The van der Waals surface area contributed by atoms with E-state index in [1.165, 1.54) is 16.9 Å². The first-order valence-corrected chi connectivity index (χ1v) is 8.60. The molecule has 0 spiro atoms. The van der Waals surface area contributed by atoms with Crippen LogP contribution in [0.3, 0.4) is 0 Å². The number of nitrogens with one attached hydrogen (secondary N) is 1. The number of nitriles is 1. The van der Waals surface area contributed by atoms with Crippen LogP contribution < -0.4 is 10.1 Å². The zero-order chi connectivity index (χ0) is 20.4. The van der Waals surface area contributed by atoms with E-state index < -0.39 is 11.7 Å². The van der Waals surface area contributed by atoms with Gasteiger partial charge in [-0.1, -0.05) is 0 Å². The van der Waals surface area contributed by atoms with Gasteiger partial charge in [0.15, 0.2) is 0 Å². The molecule has 7 nitrogen and oxygen atoms in total. The van der Waals surface area contributed by atoms with Crippen LogP contribution in [0.2, 0.25) is 0 Å². The molecule has 1 N–H and O–H groups in total. The maximum absolute atomic E-state index is 14.0. The topological polar surface area (TPSA) is 92.8 Å². The summed E-state index contributed by atoms with van der Waals surface area (Å²) in [5.41, 5.74) is 2.42. The lowest BCUT2D eigenvalue weighted by Crippen LogP contribution is -2.13. The molecule has 3 aromatic carbocycles. The van der Waals surface area contributed by atoms with E-state index in [1.54, 1.807) is 37.4 Å². The SMILES string of the molecule is COc1ccc(-n2nc3ccc(NC(=O)c4ccc(C#N)cc4F)cc3n2)cc1. The fraction of sp³-hybridized carbons (Fsp3) is 0.0476. The van der Waals surface area contributed by atoms with E-state index >= 15 is 0 Å². The van der Waals surface area contributed by atoms with Gasteiger partial charge in [-0.25, -0.2) is 4.39 Å². The lowest BCUT2D eigenvalue weighted by molar-refractivity contribution is 0.102. The highest BCUT2D eigenvalue weighted by molar-refractivity contribution is 6.05. The number of anilines is 1. The molecule has 1 amide bonds. The van der Waals surface area contributed by atoms with Crippen molar-refractivity contribution < 1.29 is 13.9 Å².